The molecule has 0 amide bonds. The maximum atomic E-state index is 5.31. The SMILES string of the molecule is CN(CC1(C)COC1)C1CCN(I)CC1. The van der Waals surface area contributed by atoms with Gasteiger partial charge in [0.25, 0.3) is 0 Å². The van der Waals surface area contributed by atoms with E-state index in [-0.39, 0.29) is 0 Å². The summed E-state index contributed by atoms with van der Waals surface area (Å²) in [5.41, 5.74) is 0.427. The molecule has 0 saturated carbocycles. The molecule has 2 fully saturated rings. The van der Waals surface area contributed by atoms with Crippen molar-refractivity contribution in [2.45, 2.75) is 25.8 Å². The van der Waals surface area contributed by atoms with E-state index in [0.717, 1.165) is 19.3 Å². The fraction of sp³-hybridized carbons (Fsp3) is 1.00. The third kappa shape index (κ3) is 3.05. The summed E-state index contributed by atoms with van der Waals surface area (Å²) in [6.07, 6.45) is 2.63. The molecule has 4 heteroatoms. The van der Waals surface area contributed by atoms with E-state index in [0.29, 0.717) is 5.41 Å². The first kappa shape index (κ1) is 12.1. The quantitative estimate of drug-likeness (QED) is 0.581. The summed E-state index contributed by atoms with van der Waals surface area (Å²) in [6.45, 7) is 7.90. The molecular weight excluding hydrogens is 303 g/mol. The molecule has 0 radical (unpaired) electrons. The van der Waals surface area contributed by atoms with Crippen LogP contribution in [0.5, 0.6) is 0 Å². The Morgan fingerprint density at radius 1 is 1.40 bits per heavy atom. The van der Waals surface area contributed by atoms with Gasteiger partial charge in [-0.25, -0.2) is 3.11 Å². The Morgan fingerprint density at radius 2 is 2.00 bits per heavy atom. The fourth-order valence-electron chi connectivity index (χ4n) is 2.55. The van der Waals surface area contributed by atoms with Crippen molar-refractivity contribution in [3.8, 4) is 0 Å². The molecule has 2 heterocycles. The standard InChI is InChI=1S/C11H21IN2O/c1-11(8-15-9-11)7-13(2)10-3-5-14(12)6-4-10/h10H,3-9H2,1-2H3. The number of ether oxygens (including phenoxy) is 1. The van der Waals surface area contributed by atoms with Crippen LogP contribution < -0.4 is 0 Å². The van der Waals surface area contributed by atoms with E-state index in [2.05, 4.69) is 44.8 Å². The molecule has 0 aromatic heterocycles. The van der Waals surface area contributed by atoms with Gasteiger partial charge in [0.05, 0.1) is 13.2 Å². The van der Waals surface area contributed by atoms with Gasteiger partial charge in [0.2, 0.25) is 0 Å². The van der Waals surface area contributed by atoms with Crippen LogP contribution in [0.1, 0.15) is 19.8 Å². The number of hydrogen-bond donors (Lipinski definition) is 0. The van der Waals surface area contributed by atoms with Crippen molar-refractivity contribution in [3.63, 3.8) is 0 Å². The first-order valence-electron chi connectivity index (χ1n) is 5.78. The zero-order valence-electron chi connectivity index (χ0n) is 9.71. The molecule has 2 saturated heterocycles. The van der Waals surface area contributed by atoms with Gasteiger partial charge in [0.15, 0.2) is 0 Å². The maximum Gasteiger partial charge on any atom is 0.0554 e. The second-order valence-corrected chi connectivity index (χ2v) is 6.72. The number of nitrogens with zero attached hydrogens (tertiary/aromatic N) is 2. The van der Waals surface area contributed by atoms with Gasteiger partial charge >= 0.3 is 0 Å². The van der Waals surface area contributed by atoms with Gasteiger partial charge in [-0.05, 0) is 19.9 Å². The van der Waals surface area contributed by atoms with E-state index in [1.165, 1.54) is 32.5 Å². The molecule has 0 aromatic rings. The van der Waals surface area contributed by atoms with Crippen LogP contribution >= 0.6 is 22.9 Å². The lowest BCUT2D eigenvalue weighted by molar-refractivity contribution is -0.117. The molecule has 0 spiro atoms. The highest BCUT2D eigenvalue weighted by Crippen LogP contribution is 2.29. The van der Waals surface area contributed by atoms with E-state index in [9.17, 15) is 0 Å². The second-order valence-electron chi connectivity index (χ2n) is 5.36. The van der Waals surface area contributed by atoms with Crippen molar-refractivity contribution in [2.75, 3.05) is 39.9 Å². The van der Waals surface area contributed by atoms with Gasteiger partial charge in [-0.2, -0.15) is 0 Å². The second kappa shape index (κ2) is 4.85. The molecule has 2 rings (SSSR count). The molecule has 88 valence electrons. The molecule has 15 heavy (non-hydrogen) atoms. The first-order chi connectivity index (χ1) is 7.09. The summed E-state index contributed by atoms with van der Waals surface area (Å²) in [7, 11) is 2.27. The Kier molecular flexibility index (Phi) is 3.91. The highest BCUT2D eigenvalue weighted by atomic mass is 127. The minimum absolute atomic E-state index is 0.427. The van der Waals surface area contributed by atoms with Crippen LogP contribution in [0.15, 0.2) is 0 Å². The van der Waals surface area contributed by atoms with Crippen LogP contribution in [0.3, 0.4) is 0 Å². The summed E-state index contributed by atoms with van der Waals surface area (Å²) in [4.78, 5) is 2.55. The zero-order valence-corrected chi connectivity index (χ0v) is 11.9. The smallest absolute Gasteiger partial charge is 0.0554 e. The van der Waals surface area contributed by atoms with Crippen molar-refractivity contribution in [2.24, 2.45) is 5.41 Å². The Hall–Kier alpha value is 0.610. The summed E-state index contributed by atoms with van der Waals surface area (Å²) < 4.78 is 7.71. The number of piperidine rings is 1. The molecular formula is C11H21IN2O. The minimum atomic E-state index is 0.427. The predicted molar refractivity (Wildman–Crippen MR) is 70.2 cm³/mol. The van der Waals surface area contributed by atoms with Crippen molar-refractivity contribution < 1.29 is 4.74 Å². The van der Waals surface area contributed by atoms with Crippen molar-refractivity contribution in [1.29, 1.82) is 0 Å². The molecule has 0 N–H and O–H groups in total. The van der Waals surface area contributed by atoms with E-state index in [4.69, 9.17) is 4.74 Å². The fourth-order valence-corrected chi connectivity index (χ4v) is 3.11. The molecule has 0 unspecified atom stereocenters. The van der Waals surface area contributed by atoms with Crippen LogP contribution in [-0.4, -0.2) is 54.0 Å². The van der Waals surface area contributed by atoms with E-state index >= 15 is 0 Å². The van der Waals surface area contributed by atoms with Crippen molar-refractivity contribution in [1.82, 2.24) is 8.01 Å². The van der Waals surface area contributed by atoms with Crippen LogP contribution in [0, 0.1) is 5.41 Å². The third-order valence-electron chi connectivity index (χ3n) is 3.57. The van der Waals surface area contributed by atoms with E-state index in [1.807, 2.05) is 0 Å². The Bertz CT molecular complexity index is 213. The normalized spacial score (nSPS) is 28.0. The lowest BCUT2D eigenvalue weighted by Gasteiger charge is -2.44. The highest BCUT2D eigenvalue weighted by Gasteiger charge is 2.36. The summed E-state index contributed by atoms with van der Waals surface area (Å²) in [6, 6.07) is 0.786. The molecule has 2 aliphatic rings. The molecule has 0 aromatic carbocycles. The van der Waals surface area contributed by atoms with Gasteiger partial charge in [0.1, 0.15) is 0 Å². The van der Waals surface area contributed by atoms with Gasteiger partial charge < -0.3 is 9.64 Å². The van der Waals surface area contributed by atoms with Crippen LogP contribution in [0.25, 0.3) is 0 Å². The Balaban J connectivity index is 1.77. The summed E-state index contributed by atoms with van der Waals surface area (Å²) in [5.74, 6) is 0. The molecule has 0 atom stereocenters. The number of hydrogen-bond acceptors (Lipinski definition) is 3. The predicted octanol–water partition coefficient (Wildman–Crippen LogP) is 1.77. The van der Waals surface area contributed by atoms with E-state index < -0.39 is 0 Å². The summed E-state index contributed by atoms with van der Waals surface area (Å²) in [5, 5.41) is 0. The number of rotatable bonds is 3. The lowest BCUT2D eigenvalue weighted by atomic mass is 9.87. The molecule has 3 nitrogen and oxygen atoms in total. The Morgan fingerprint density at radius 3 is 2.47 bits per heavy atom. The number of halogens is 1. The maximum absolute atomic E-state index is 5.31. The molecule has 2 aliphatic heterocycles. The molecule has 0 bridgehead atoms. The first-order valence-corrected chi connectivity index (χ1v) is 6.74. The van der Waals surface area contributed by atoms with Gasteiger partial charge in [-0.3, -0.25) is 0 Å². The minimum Gasteiger partial charge on any atom is -0.380 e. The van der Waals surface area contributed by atoms with Crippen molar-refractivity contribution in [3.05, 3.63) is 0 Å². The van der Waals surface area contributed by atoms with Crippen LogP contribution in [0.4, 0.5) is 0 Å². The Labute approximate surface area is 107 Å². The van der Waals surface area contributed by atoms with Crippen LogP contribution in [0.2, 0.25) is 0 Å². The van der Waals surface area contributed by atoms with Crippen molar-refractivity contribution >= 4 is 22.9 Å². The lowest BCUT2D eigenvalue weighted by Crippen LogP contribution is -2.51. The molecule has 0 aliphatic carbocycles. The van der Waals surface area contributed by atoms with Crippen LogP contribution in [-0.2, 0) is 4.74 Å². The van der Waals surface area contributed by atoms with E-state index in [1.54, 1.807) is 0 Å². The topological polar surface area (TPSA) is 15.7 Å². The average molecular weight is 324 g/mol. The summed E-state index contributed by atoms with van der Waals surface area (Å²) >= 11 is 2.43. The van der Waals surface area contributed by atoms with Gasteiger partial charge in [-0.15, -0.1) is 0 Å². The highest BCUT2D eigenvalue weighted by molar-refractivity contribution is 14.1. The monoisotopic (exact) mass is 324 g/mol. The largest absolute Gasteiger partial charge is 0.380 e. The third-order valence-corrected chi connectivity index (χ3v) is 4.53. The average Bonchev–Trinajstić information content (AvgIpc) is 2.16. The van der Waals surface area contributed by atoms with Gasteiger partial charge in [0, 0.05) is 54.0 Å². The van der Waals surface area contributed by atoms with Gasteiger partial charge in [-0.1, -0.05) is 6.92 Å². The zero-order chi connectivity index (χ0) is 10.9.